The molecule has 0 aromatic carbocycles. The molecule has 1 saturated carbocycles. The Labute approximate surface area is 172 Å². The van der Waals surface area contributed by atoms with Gasteiger partial charge in [-0.25, -0.2) is 5.43 Å². The molecule has 1 aliphatic heterocycles. The molecule has 28 heavy (non-hydrogen) atoms. The van der Waals surface area contributed by atoms with Crippen molar-refractivity contribution in [2.75, 3.05) is 40.3 Å². The molecular weight excluding hydrogens is 350 g/mol. The van der Waals surface area contributed by atoms with Crippen molar-refractivity contribution in [3.05, 3.63) is 11.8 Å². The van der Waals surface area contributed by atoms with Gasteiger partial charge in [-0.1, -0.05) is 13.8 Å². The molecule has 1 aliphatic carbocycles. The Bertz CT molecular complexity index is 527. The first-order valence-electron chi connectivity index (χ1n) is 11.2. The van der Waals surface area contributed by atoms with Crippen LogP contribution < -0.4 is 16.2 Å². The molecule has 0 aromatic heterocycles. The second-order valence-corrected chi connectivity index (χ2v) is 9.27. The predicted octanol–water partition coefficient (Wildman–Crippen LogP) is 2.34. The van der Waals surface area contributed by atoms with Crippen LogP contribution in [-0.4, -0.2) is 67.6 Å². The van der Waals surface area contributed by atoms with Crippen molar-refractivity contribution >= 4 is 5.91 Å². The predicted molar refractivity (Wildman–Crippen MR) is 117 cm³/mol. The number of carbonyl (C=O) groups is 1. The molecule has 162 valence electrons. The second-order valence-electron chi connectivity index (χ2n) is 9.27. The summed E-state index contributed by atoms with van der Waals surface area (Å²) in [5.74, 6) is 1.36. The molecule has 0 radical (unpaired) electrons. The van der Waals surface area contributed by atoms with Gasteiger partial charge in [0.25, 0.3) is 0 Å². The van der Waals surface area contributed by atoms with Crippen molar-refractivity contribution in [1.29, 1.82) is 0 Å². The van der Waals surface area contributed by atoms with Crippen molar-refractivity contribution in [1.82, 2.24) is 26.0 Å². The number of hydrogen-bond donors (Lipinski definition) is 3. The normalized spacial score (nSPS) is 27.8. The summed E-state index contributed by atoms with van der Waals surface area (Å²) in [4.78, 5) is 17.1. The molecule has 0 bridgehead atoms. The molecular formula is C22H43N5O. The topological polar surface area (TPSA) is 59.6 Å². The zero-order valence-electron chi connectivity index (χ0n) is 19.0. The second kappa shape index (κ2) is 10.6. The van der Waals surface area contributed by atoms with E-state index < -0.39 is 0 Å². The molecule has 1 fully saturated rings. The van der Waals surface area contributed by atoms with Crippen LogP contribution in [0.15, 0.2) is 11.8 Å². The highest BCUT2D eigenvalue weighted by Gasteiger charge is 2.42. The average molecular weight is 394 g/mol. The van der Waals surface area contributed by atoms with E-state index in [0.29, 0.717) is 30.2 Å². The molecule has 2 aliphatic rings. The Balaban J connectivity index is 1.93. The van der Waals surface area contributed by atoms with Crippen LogP contribution in [0, 0.1) is 11.8 Å². The first-order valence-corrected chi connectivity index (χ1v) is 11.2. The van der Waals surface area contributed by atoms with E-state index in [-0.39, 0.29) is 5.54 Å². The zero-order chi connectivity index (χ0) is 20.7. The quantitative estimate of drug-likeness (QED) is 0.532. The van der Waals surface area contributed by atoms with Crippen LogP contribution in [0.1, 0.15) is 59.8 Å². The van der Waals surface area contributed by atoms with Crippen LogP contribution in [0.2, 0.25) is 0 Å². The number of hydrogen-bond acceptors (Lipinski definition) is 5. The smallest absolute Gasteiger partial charge is 0.223 e. The third kappa shape index (κ3) is 5.71. The molecule has 3 N–H and O–H groups in total. The molecule has 1 amide bonds. The van der Waals surface area contributed by atoms with Crippen molar-refractivity contribution in [3.8, 4) is 0 Å². The van der Waals surface area contributed by atoms with E-state index in [9.17, 15) is 4.79 Å². The first kappa shape index (κ1) is 23.2. The average Bonchev–Trinajstić information content (AvgIpc) is 3.02. The lowest BCUT2D eigenvalue weighted by molar-refractivity contribution is -0.135. The summed E-state index contributed by atoms with van der Waals surface area (Å²) >= 11 is 0. The van der Waals surface area contributed by atoms with Crippen LogP contribution in [0.25, 0.3) is 0 Å². The van der Waals surface area contributed by atoms with Gasteiger partial charge in [-0.05, 0) is 71.0 Å². The summed E-state index contributed by atoms with van der Waals surface area (Å²) in [6, 6.07) is 0.413. The Morgan fingerprint density at radius 2 is 2.00 bits per heavy atom. The van der Waals surface area contributed by atoms with Crippen molar-refractivity contribution in [2.45, 2.75) is 71.4 Å². The van der Waals surface area contributed by atoms with E-state index in [1.807, 2.05) is 7.05 Å². The summed E-state index contributed by atoms with van der Waals surface area (Å²) in [7, 11) is 4.19. The lowest BCUT2D eigenvalue weighted by Gasteiger charge is -2.43. The molecule has 1 unspecified atom stereocenters. The lowest BCUT2D eigenvalue weighted by Crippen LogP contribution is -2.53. The summed E-state index contributed by atoms with van der Waals surface area (Å²) in [6.45, 7) is 12.6. The van der Waals surface area contributed by atoms with E-state index in [2.05, 4.69) is 66.9 Å². The van der Waals surface area contributed by atoms with E-state index in [1.165, 1.54) is 18.4 Å². The summed E-state index contributed by atoms with van der Waals surface area (Å²) < 4.78 is 0. The van der Waals surface area contributed by atoms with Gasteiger partial charge in [0.05, 0.1) is 5.54 Å². The zero-order valence-corrected chi connectivity index (χ0v) is 19.0. The number of likely N-dealkylation sites (N-methyl/N-ethyl adjacent to an activating group) is 2. The minimum Gasteiger partial charge on any atom is -0.340 e. The van der Waals surface area contributed by atoms with E-state index >= 15 is 0 Å². The highest BCUT2D eigenvalue weighted by atomic mass is 16.2. The third-order valence-electron chi connectivity index (χ3n) is 6.63. The SMILES string of the molecule is CCN(C(=O)CC(C)C)C1CCC(C2(C)NNC=C2CN(C)CCNC)CC1. The molecule has 0 aromatic rings. The number of amides is 1. The first-order chi connectivity index (χ1) is 13.3. The van der Waals surface area contributed by atoms with Gasteiger partial charge < -0.3 is 20.5 Å². The maximum absolute atomic E-state index is 12.6. The van der Waals surface area contributed by atoms with Crippen molar-refractivity contribution in [3.63, 3.8) is 0 Å². The number of nitrogens with one attached hydrogen (secondary N) is 3. The maximum Gasteiger partial charge on any atom is 0.223 e. The van der Waals surface area contributed by atoms with Crippen LogP contribution >= 0.6 is 0 Å². The molecule has 6 nitrogen and oxygen atoms in total. The summed E-state index contributed by atoms with van der Waals surface area (Å²) in [5, 5.41) is 3.22. The van der Waals surface area contributed by atoms with Gasteiger partial charge in [-0.15, -0.1) is 0 Å². The van der Waals surface area contributed by atoms with Gasteiger partial charge >= 0.3 is 0 Å². The Kier molecular flexibility index (Phi) is 8.78. The van der Waals surface area contributed by atoms with Gasteiger partial charge in [0, 0.05) is 44.8 Å². The molecule has 0 saturated heterocycles. The molecule has 2 rings (SSSR count). The highest BCUT2D eigenvalue weighted by molar-refractivity contribution is 5.76. The fourth-order valence-corrected chi connectivity index (χ4v) is 4.82. The van der Waals surface area contributed by atoms with Gasteiger partial charge in [0.2, 0.25) is 5.91 Å². The van der Waals surface area contributed by atoms with E-state index in [4.69, 9.17) is 0 Å². The Morgan fingerprint density at radius 3 is 2.57 bits per heavy atom. The number of nitrogens with zero attached hydrogens (tertiary/aromatic N) is 2. The lowest BCUT2D eigenvalue weighted by atomic mass is 9.71. The minimum atomic E-state index is -0.00212. The number of hydrazine groups is 1. The Morgan fingerprint density at radius 1 is 1.32 bits per heavy atom. The van der Waals surface area contributed by atoms with Gasteiger partial charge in [0.15, 0.2) is 0 Å². The number of rotatable bonds is 10. The highest BCUT2D eigenvalue weighted by Crippen LogP contribution is 2.39. The van der Waals surface area contributed by atoms with Gasteiger partial charge in [-0.2, -0.15) is 0 Å². The molecule has 6 heteroatoms. The number of carbonyl (C=O) groups excluding carboxylic acids is 1. The van der Waals surface area contributed by atoms with Crippen molar-refractivity contribution < 1.29 is 4.79 Å². The van der Waals surface area contributed by atoms with Crippen LogP contribution in [0.4, 0.5) is 0 Å². The molecule has 0 spiro atoms. The van der Waals surface area contributed by atoms with Crippen LogP contribution in [0.3, 0.4) is 0 Å². The van der Waals surface area contributed by atoms with Crippen LogP contribution in [-0.2, 0) is 4.79 Å². The largest absolute Gasteiger partial charge is 0.340 e. The standard InChI is InChI=1S/C22H43N5O/c1-7-27(21(28)14-17(2)3)20-10-8-18(9-11-20)22(4)19(15-24-25-22)16-26(6)13-12-23-5/h15,17-18,20,23-25H,7-14,16H2,1-6H3. The van der Waals surface area contributed by atoms with E-state index in [1.54, 1.807) is 0 Å². The van der Waals surface area contributed by atoms with Crippen molar-refractivity contribution in [2.24, 2.45) is 11.8 Å². The summed E-state index contributed by atoms with van der Waals surface area (Å²) in [5.41, 5.74) is 8.28. The maximum atomic E-state index is 12.6. The molecule has 1 heterocycles. The van der Waals surface area contributed by atoms with Gasteiger partial charge in [0.1, 0.15) is 0 Å². The minimum absolute atomic E-state index is 0.00212. The van der Waals surface area contributed by atoms with Crippen LogP contribution in [0.5, 0.6) is 0 Å². The van der Waals surface area contributed by atoms with E-state index in [0.717, 1.165) is 39.0 Å². The fraction of sp³-hybridized carbons (Fsp3) is 0.864. The Hall–Kier alpha value is -1.11. The monoisotopic (exact) mass is 393 g/mol. The third-order valence-corrected chi connectivity index (χ3v) is 6.63. The van der Waals surface area contributed by atoms with Gasteiger partial charge in [-0.3, -0.25) is 4.79 Å². The fourth-order valence-electron chi connectivity index (χ4n) is 4.82. The molecule has 1 atom stereocenters. The summed E-state index contributed by atoms with van der Waals surface area (Å²) in [6.07, 6.45) is 7.39.